The molecule has 3 N–H and O–H groups in total. The van der Waals surface area contributed by atoms with Gasteiger partial charge >= 0.3 is 0 Å². The first-order valence-corrected chi connectivity index (χ1v) is 6.91. The highest BCUT2D eigenvalue weighted by molar-refractivity contribution is 5.82. The third kappa shape index (κ3) is 4.30. The van der Waals surface area contributed by atoms with Gasteiger partial charge in [0.1, 0.15) is 0 Å². The summed E-state index contributed by atoms with van der Waals surface area (Å²) in [5.74, 6) is 1.18. The van der Waals surface area contributed by atoms with Gasteiger partial charge in [0.25, 0.3) is 0 Å². The first kappa shape index (κ1) is 14.5. The summed E-state index contributed by atoms with van der Waals surface area (Å²) in [5, 5.41) is 7.53. The number of hydrogen-bond donors (Lipinski definition) is 2. The maximum absolute atomic E-state index is 7.53. The minimum absolute atomic E-state index is 0.121. The lowest BCUT2D eigenvalue weighted by molar-refractivity contribution is 0.255. The number of hydrogen-bond acceptors (Lipinski definition) is 2. The largest absolute Gasteiger partial charge is 0.387 e. The molecule has 1 heterocycles. The Balaban J connectivity index is 2.19. The van der Waals surface area contributed by atoms with E-state index in [4.69, 9.17) is 11.1 Å². The molecule has 3 nitrogen and oxygen atoms in total. The molecule has 1 aliphatic heterocycles. The Labute approximate surface area is 106 Å². The molecule has 1 rings (SSSR count). The smallest absolute Gasteiger partial charge is 0.0963 e. The zero-order chi connectivity index (χ0) is 13.1. The molecule has 1 fully saturated rings. The van der Waals surface area contributed by atoms with Crippen LogP contribution >= 0.6 is 0 Å². The zero-order valence-electron chi connectivity index (χ0n) is 11.9. The fourth-order valence-electron chi connectivity index (χ4n) is 2.71. The van der Waals surface area contributed by atoms with Gasteiger partial charge in [0, 0.05) is 18.0 Å². The van der Waals surface area contributed by atoms with E-state index in [0.717, 1.165) is 18.4 Å². The molecule has 17 heavy (non-hydrogen) atoms. The van der Waals surface area contributed by atoms with Crippen molar-refractivity contribution in [3.63, 3.8) is 0 Å². The van der Waals surface area contributed by atoms with E-state index in [1.54, 1.807) is 0 Å². The lowest BCUT2D eigenvalue weighted by Crippen LogP contribution is -2.31. The SMILES string of the molecule is CC1CC(C)N(CCCCC(C)(C)C(=N)N)C1. The van der Waals surface area contributed by atoms with Gasteiger partial charge in [-0.25, -0.2) is 0 Å². The Morgan fingerprint density at radius 3 is 2.47 bits per heavy atom. The van der Waals surface area contributed by atoms with Crippen LogP contribution in [0.3, 0.4) is 0 Å². The topological polar surface area (TPSA) is 53.1 Å². The Hall–Kier alpha value is -0.570. The van der Waals surface area contributed by atoms with Crippen molar-refractivity contribution in [2.45, 2.75) is 59.4 Å². The second-order valence-corrected chi connectivity index (χ2v) is 6.44. The van der Waals surface area contributed by atoms with Crippen LogP contribution in [0.25, 0.3) is 0 Å². The maximum Gasteiger partial charge on any atom is 0.0963 e. The molecule has 0 aliphatic carbocycles. The van der Waals surface area contributed by atoms with Crippen molar-refractivity contribution in [2.75, 3.05) is 13.1 Å². The Bertz CT molecular complexity index is 260. The number of nitrogens with two attached hydrogens (primary N) is 1. The second-order valence-electron chi connectivity index (χ2n) is 6.44. The van der Waals surface area contributed by atoms with Gasteiger partial charge in [0.15, 0.2) is 0 Å². The molecule has 0 radical (unpaired) electrons. The lowest BCUT2D eigenvalue weighted by Gasteiger charge is -2.24. The summed E-state index contributed by atoms with van der Waals surface area (Å²) >= 11 is 0. The molecule has 1 saturated heterocycles. The van der Waals surface area contributed by atoms with E-state index in [9.17, 15) is 0 Å². The zero-order valence-corrected chi connectivity index (χ0v) is 11.9. The van der Waals surface area contributed by atoms with Crippen molar-refractivity contribution in [3.8, 4) is 0 Å². The number of rotatable bonds is 6. The first-order chi connectivity index (χ1) is 7.83. The maximum atomic E-state index is 7.53. The molecule has 0 saturated carbocycles. The van der Waals surface area contributed by atoms with Crippen LogP contribution in [-0.2, 0) is 0 Å². The van der Waals surface area contributed by atoms with E-state index in [0.29, 0.717) is 5.84 Å². The van der Waals surface area contributed by atoms with Crippen LogP contribution in [0.5, 0.6) is 0 Å². The average Bonchev–Trinajstić information content (AvgIpc) is 2.52. The monoisotopic (exact) mass is 239 g/mol. The Kier molecular flexibility index (Phi) is 4.99. The Morgan fingerprint density at radius 2 is 2.00 bits per heavy atom. The van der Waals surface area contributed by atoms with Crippen LogP contribution in [-0.4, -0.2) is 29.9 Å². The molecule has 0 bridgehead atoms. The number of nitrogens with zero attached hydrogens (tertiary/aromatic N) is 1. The van der Waals surface area contributed by atoms with Gasteiger partial charge in [0.05, 0.1) is 5.84 Å². The van der Waals surface area contributed by atoms with Crippen molar-refractivity contribution in [1.29, 1.82) is 5.41 Å². The van der Waals surface area contributed by atoms with E-state index >= 15 is 0 Å². The van der Waals surface area contributed by atoms with Crippen LogP contribution in [0, 0.1) is 16.7 Å². The highest BCUT2D eigenvalue weighted by Gasteiger charge is 2.26. The molecule has 0 amide bonds. The molecular weight excluding hydrogens is 210 g/mol. The number of likely N-dealkylation sites (tertiary alicyclic amines) is 1. The normalized spacial score (nSPS) is 26.4. The molecule has 0 aromatic heterocycles. The van der Waals surface area contributed by atoms with E-state index in [1.165, 1.54) is 32.4 Å². The van der Waals surface area contributed by atoms with E-state index in [2.05, 4.69) is 32.6 Å². The minimum Gasteiger partial charge on any atom is -0.387 e. The molecule has 1 aliphatic rings. The van der Waals surface area contributed by atoms with Crippen molar-refractivity contribution in [2.24, 2.45) is 17.1 Å². The van der Waals surface area contributed by atoms with Crippen LogP contribution in [0.1, 0.15) is 53.4 Å². The van der Waals surface area contributed by atoms with Crippen molar-refractivity contribution in [1.82, 2.24) is 4.90 Å². The summed E-state index contributed by atoms with van der Waals surface area (Å²) in [4.78, 5) is 2.60. The number of amidine groups is 1. The fraction of sp³-hybridized carbons (Fsp3) is 0.929. The molecule has 100 valence electrons. The highest BCUT2D eigenvalue weighted by Crippen LogP contribution is 2.25. The van der Waals surface area contributed by atoms with Crippen molar-refractivity contribution in [3.05, 3.63) is 0 Å². The molecule has 2 unspecified atom stereocenters. The molecule has 3 heteroatoms. The molecule has 0 aromatic rings. The van der Waals surface area contributed by atoms with Crippen LogP contribution in [0.4, 0.5) is 0 Å². The van der Waals surface area contributed by atoms with Gasteiger partial charge in [-0.3, -0.25) is 5.41 Å². The third-order valence-corrected chi connectivity index (χ3v) is 4.14. The first-order valence-electron chi connectivity index (χ1n) is 6.91. The predicted octanol–water partition coefficient (Wildman–Crippen LogP) is 2.85. The van der Waals surface area contributed by atoms with Gasteiger partial charge in [-0.1, -0.05) is 27.2 Å². The van der Waals surface area contributed by atoms with Gasteiger partial charge in [-0.15, -0.1) is 0 Å². The van der Waals surface area contributed by atoms with Gasteiger partial charge in [0.2, 0.25) is 0 Å². The molecule has 0 spiro atoms. The van der Waals surface area contributed by atoms with Gasteiger partial charge in [-0.2, -0.15) is 0 Å². The van der Waals surface area contributed by atoms with E-state index in [1.807, 2.05) is 0 Å². The summed E-state index contributed by atoms with van der Waals surface area (Å²) < 4.78 is 0. The Morgan fingerprint density at radius 1 is 1.35 bits per heavy atom. The summed E-state index contributed by atoms with van der Waals surface area (Å²) in [5.41, 5.74) is 5.47. The predicted molar refractivity (Wildman–Crippen MR) is 74.4 cm³/mol. The summed E-state index contributed by atoms with van der Waals surface area (Å²) in [6.45, 7) is 11.3. The van der Waals surface area contributed by atoms with Crippen molar-refractivity contribution >= 4 is 5.84 Å². The summed E-state index contributed by atoms with van der Waals surface area (Å²) in [7, 11) is 0. The summed E-state index contributed by atoms with van der Waals surface area (Å²) in [6, 6.07) is 0.755. The van der Waals surface area contributed by atoms with Gasteiger partial charge in [-0.05, 0) is 38.6 Å². The number of unbranched alkanes of at least 4 members (excludes halogenated alkanes) is 1. The molecular formula is C14H29N3. The highest BCUT2D eigenvalue weighted by atomic mass is 15.2. The third-order valence-electron chi connectivity index (χ3n) is 4.14. The van der Waals surface area contributed by atoms with Gasteiger partial charge < -0.3 is 10.6 Å². The van der Waals surface area contributed by atoms with E-state index in [-0.39, 0.29) is 5.41 Å². The van der Waals surface area contributed by atoms with Crippen LogP contribution in [0.15, 0.2) is 0 Å². The fourth-order valence-corrected chi connectivity index (χ4v) is 2.71. The minimum atomic E-state index is -0.121. The van der Waals surface area contributed by atoms with E-state index < -0.39 is 0 Å². The average molecular weight is 239 g/mol. The van der Waals surface area contributed by atoms with Crippen LogP contribution in [0.2, 0.25) is 0 Å². The molecule has 2 atom stereocenters. The molecule has 0 aromatic carbocycles. The quantitative estimate of drug-likeness (QED) is 0.425. The summed E-state index contributed by atoms with van der Waals surface area (Å²) in [6.07, 6.45) is 4.77. The number of nitrogens with one attached hydrogen (secondary N) is 1. The second kappa shape index (κ2) is 5.85. The van der Waals surface area contributed by atoms with Crippen LogP contribution < -0.4 is 5.73 Å². The lowest BCUT2D eigenvalue weighted by atomic mass is 9.86. The standard InChI is InChI=1S/C14H29N3/c1-11-9-12(2)17(10-11)8-6-5-7-14(3,4)13(15)16/h11-12H,5-10H2,1-4H3,(H3,15,16). The van der Waals surface area contributed by atoms with Crippen molar-refractivity contribution < 1.29 is 0 Å².